The number of allylic oxidation sites excluding steroid dienone is 1. The summed E-state index contributed by atoms with van der Waals surface area (Å²) in [6, 6.07) is 0. The molecule has 2 aliphatic rings. The maximum absolute atomic E-state index is 12.3. The minimum Gasteiger partial charge on any atom is -0.468 e. The molecule has 6 heteroatoms. The minimum absolute atomic E-state index is 0.0183. The number of carbonyl (C=O) groups is 3. The summed E-state index contributed by atoms with van der Waals surface area (Å²) in [7, 11) is 1.30. The topological polar surface area (TPSA) is 72.9 Å². The molecular formula is C15H21NO5. The largest absolute Gasteiger partial charge is 0.468 e. The van der Waals surface area contributed by atoms with Gasteiger partial charge in [-0.2, -0.15) is 0 Å². The number of nitrogens with zero attached hydrogens (tertiary/aromatic N) is 1. The summed E-state index contributed by atoms with van der Waals surface area (Å²) in [4.78, 5) is 37.7. The molecule has 1 aliphatic heterocycles. The zero-order chi connectivity index (χ0) is 15.8. The summed E-state index contributed by atoms with van der Waals surface area (Å²) in [5.41, 5.74) is -1.09. The molecule has 1 aliphatic carbocycles. The lowest BCUT2D eigenvalue weighted by Gasteiger charge is -2.32. The van der Waals surface area contributed by atoms with Gasteiger partial charge in [0.05, 0.1) is 7.11 Å². The van der Waals surface area contributed by atoms with E-state index in [1.54, 1.807) is 26.8 Å². The van der Waals surface area contributed by atoms with Crippen LogP contribution in [0.3, 0.4) is 0 Å². The van der Waals surface area contributed by atoms with E-state index in [1.165, 1.54) is 12.0 Å². The number of fused-ring (bicyclic) bond motifs is 1. The Morgan fingerprint density at radius 3 is 2.57 bits per heavy atom. The predicted molar refractivity (Wildman–Crippen MR) is 74.3 cm³/mol. The second-order valence-electron chi connectivity index (χ2n) is 6.46. The normalized spacial score (nSPS) is 25.2. The molecule has 1 heterocycles. The average molecular weight is 295 g/mol. The van der Waals surface area contributed by atoms with Crippen LogP contribution in [0.5, 0.6) is 0 Å². The van der Waals surface area contributed by atoms with Crippen LogP contribution in [-0.2, 0) is 19.1 Å². The number of carbonyl (C=O) groups excluding carboxylic acids is 3. The zero-order valence-electron chi connectivity index (χ0n) is 12.9. The Hall–Kier alpha value is -1.85. The molecule has 0 radical (unpaired) electrons. The van der Waals surface area contributed by atoms with Gasteiger partial charge in [0.15, 0.2) is 0 Å². The van der Waals surface area contributed by atoms with Gasteiger partial charge in [-0.1, -0.05) is 6.08 Å². The number of rotatable bonds is 1. The molecule has 0 spiro atoms. The fourth-order valence-electron chi connectivity index (χ4n) is 2.89. The number of esters is 1. The Balaban J connectivity index is 2.31. The SMILES string of the molecule is COC(=O)C12CCN(C(=O)OC(C)(C)C)C1=CCC(=O)C2. The average Bonchev–Trinajstić information content (AvgIpc) is 2.75. The van der Waals surface area contributed by atoms with E-state index in [9.17, 15) is 14.4 Å². The summed E-state index contributed by atoms with van der Waals surface area (Å²) in [6.07, 6.45) is 1.86. The summed E-state index contributed by atoms with van der Waals surface area (Å²) in [5, 5.41) is 0. The second-order valence-corrected chi connectivity index (χ2v) is 6.46. The third kappa shape index (κ3) is 2.80. The van der Waals surface area contributed by atoms with Crippen molar-refractivity contribution in [1.82, 2.24) is 4.90 Å². The van der Waals surface area contributed by atoms with Crippen LogP contribution in [0.1, 0.15) is 40.0 Å². The molecule has 21 heavy (non-hydrogen) atoms. The van der Waals surface area contributed by atoms with Crippen molar-refractivity contribution in [3.05, 3.63) is 11.8 Å². The highest BCUT2D eigenvalue weighted by atomic mass is 16.6. The number of hydrogen-bond donors (Lipinski definition) is 0. The summed E-state index contributed by atoms with van der Waals surface area (Å²) < 4.78 is 10.2. The van der Waals surface area contributed by atoms with E-state index in [0.717, 1.165) is 0 Å². The van der Waals surface area contributed by atoms with Crippen LogP contribution in [0.4, 0.5) is 4.79 Å². The molecule has 0 aromatic carbocycles. The quantitative estimate of drug-likeness (QED) is 0.692. The summed E-state index contributed by atoms with van der Waals surface area (Å²) in [5.74, 6) is -0.483. The van der Waals surface area contributed by atoms with Gasteiger partial charge in [-0.15, -0.1) is 0 Å². The van der Waals surface area contributed by atoms with Gasteiger partial charge in [0.1, 0.15) is 16.8 Å². The maximum Gasteiger partial charge on any atom is 0.414 e. The van der Waals surface area contributed by atoms with Crippen molar-refractivity contribution in [3.63, 3.8) is 0 Å². The fraction of sp³-hybridized carbons (Fsp3) is 0.667. The maximum atomic E-state index is 12.3. The van der Waals surface area contributed by atoms with E-state index in [1.807, 2.05) is 0 Å². The Morgan fingerprint density at radius 2 is 2.00 bits per heavy atom. The van der Waals surface area contributed by atoms with Crippen molar-refractivity contribution in [1.29, 1.82) is 0 Å². The highest BCUT2D eigenvalue weighted by Crippen LogP contribution is 2.47. The predicted octanol–water partition coefficient (Wildman–Crippen LogP) is 2.03. The third-order valence-corrected chi connectivity index (χ3v) is 3.76. The van der Waals surface area contributed by atoms with Crippen molar-refractivity contribution >= 4 is 17.8 Å². The van der Waals surface area contributed by atoms with Gasteiger partial charge in [0.2, 0.25) is 0 Å². The molecule has 0 saturated carbocycles. The lowest BCUT2D eigenvalue weighted by atomic mass is 9.75. The van der Waals surface area contributed by atoms with Gasteiger partial charge < -0.3 is 9.47 Å². The Bertz CT molecular complexity index is 517. The van der Waals surface area contributed by atoms with Gasteiger partial charge in [-0.3, -0.25) is 14.5 Å². The van der Waals surface area contributed by atoms with Crippen LogP contribution in [0.25, 0.3) is 0 Å². The first-order valence-corrected chi connectivity index (χ1v) is 7.01. The van der Waals surface area contributed by atoms with E-state index < -0.39 is 23.1 Å². The van der Waals surface area contributed by atoms with Crippen LogP contribution in [0.2, 0.25) is 0 Å². The first-order chi connectivity index (χ1) is 9.69. The van der Waals surface area contributed by atoms with Crippen molar-refractivity contribution in [2.45, 2.75) is 45.6 Å². The van der Waals surface area contributed by atoms with E-state index in [0.29, 0.717) is 18.7 Å². The van der Waals surface area contributed by atoms with E-state index in [4.69, 9.17) is 9.47 Å². The van der Waals surface area contributed by atoms with Crippen LogP contribution in [0, 0.1) is 5.41 Å². The molecule has 1 amide bonds. The molecular weight excluding hydrogens is 274 g/mol. The number of amides is 1. The molecule has 116 valence electrons. The number of Topliss-reactive ketones (excluding diaryl/α,β-unsaturated/α-hetero) is 1. The number of likely N-dealkylation sites (tertiary alicyclic amines) is 1. The van der Waals surface area contributed by atoms with Gasteiger partial charge in [-0.25, -0.2) is 4.79 Å². The van der Waals surface area contributed by atoms with Crippen LogP contribution >= 0.6 is 0 Å². The molecule has 0 N–H and O–H groups in total. The number of methoxy groups -OCH3 is 1. The van der Waals surface area contributed by atoms with Crippen molar-refractivity contribution < 1.29 is 23.9 Å². The molecule has 1 unspecified atom stereocenters. The van der Waals surface area contributed by atoms with Gasteiger partial charge in [0, 0.05) is 25.1 Å². The molecule has 6 nitrogen and oxygen atoms in total. The van der Waals surface area contributed by atoms with Crippen LogP contribution in [0.15, 0.2) is 11.8 Å². The molecule has 1 atom stereocenters. The number of ketones is 1. The molecule has 0 bridgehead atoms. The second kappa shape index (κ2) is 5.16. The highest BCUT2D eigenvalue weighted by molar-refractivity contribution is 5.93. The highest BCUT2D eigenvalue weighted by Gasteiger charge is 2.54. The van der Waals surface area contributed by atoms with Crippen molar-refractivity contribution in [2.75, 3.05) is 13.7 Å². The summed E-state index contributed by atoms with van der Waals surface area (Å²) in [6.45, 7) is 5.71. The fourth-order valence-corrected chi connectivity index (χ4v) is 2.89. The molecule has 0 aromatic rings. The molecule has 1 saturated heterocycles. The van der Waals surface area contributed by atoms with Crippen LogP contribution < -0.4 is 0 Å². The monoisotopic (exact) mass is 295 g/mol. The lowest BCUT2D eigenvalue weighted by molar-refractivity contribution is -0.152. The number of ether oxygens (including phenoxy) is 2. The number of hydrogen-bond acceptors (Lipinski definition) is 5. The van der Waals surface area contributed by atoms with Gasteiger partial charge in [0.25, 0.3) is 0 Å². The first kappa shape index (κ1) is 15.5. The molecule has 2 rings (SSSR count). The first-order valence-electron chi connectivity index (χ1n) is 7.01. The molecule has 0 aromatic heterocycles. The lowest BCUT2D eigenvalue weighted by Crippen LogP contribution is -2.41. The smallest absolute Gasteiger partial charge is 0.414 e. The Labute approximate surface area is 124 Å². The van der Waals surface area contributed by atoms with Gasteiger partial charge >= 0.3 is 12.1 Å². The van der Waals surface area contributed by atoms with Crippen molar-refractivity contribution in [3.8, 4) is 0 Å². The van der Waals surface area contributed by atoms with Crippen molar-refractivity contribution in [2.24, 2.45) is 5.41 Å². The van der Waals surface area contributed by atoms with E-state index in [2.05, 4.69) is 0 Å². The van der Waals surface area contributed by atoms with Crippen LogP contribution in [-0.4, -0.2) is 42.0 Å². The Morgan fingerprint density at radius 1 is 1.33 bits per heavy atom. The minimum atomic E-state index is -1.03. The summed E-state index contributed by atoms with van der Waals surface area (Å²) >= 11 is 0. The standard InChI is InChI=1S/C15H21NO5/c1-14(2,3)21-13(19)16-8-7-15(12(18)20-4)9-10(17)5-6-11(15)16/h6H,5,7-9H2,1-4H3. The Kier molecular flexibility index (Phi) is 3.82. The third-order valence-electron chi connectivity index (χ3n) is 3.76. The van der Waals surface area contributed by atoms with Gasteiger partial charge in [-0.05, 0) is 27.2 Å². The van der Waals surface area contributed by atoms with E-state index >= 15 is 0 Å². The van der Waals surface area contributed by atoms with E-state index in [-0.39, 0.29) is 18.6 Å². The molecule has 1 fully saturated rings. The zero-order valence-corrected chi connectivity index (χ0v) is 12.9.